The van der Waals surface area contributed by atoms with Crippen LogP contribution in [0.25, 0.3) is 10.9 Å². The van der Waals surface area contributed by atoms with Gasteiger partial charge in [-0.3, -0.25) is 9.59 Å². The summed E-state index contributed by atoms with van der Waals surface area (Å²) in [7, 11) is 3.50. The van der Waals surface area contributed by atoms with Crippen molar-refractivity contribution in [1.29, 1.82) is 0 Å². The van der Waals surface area contributed by atoms with Crippen LogP contribution in [0, 0.1) is 0 Å². The second-order valence-electron chi connectivity index (χ2n) is 5.33. The number of carbonyl (C=O) groups is 2. The molecule has 1 N–H and O–H groups in total. The molecule has 0 saturated heterocycles. The molecule has 21 heavy (non-hydrogen) atoms. The summed E-state index contributed by atoms with van der Waals surface area (Å²) in [6.07, 6.45) is 3.14. The van der Waals surface area contributed by atoms with Crippen LogP contribution in [0.1, 0.15) is 18.4 Å². The summed E-state index contributed by atoms with van der Waals surface area (Å²) in [6.45, 7) is 0.708. The highest BCUT2D eigenvalue weighted by molar-refractivity contribution is 5.87. The average molecular weight is 288 g/mol. The van der Waals surface area contributed by atoms with Crippen molar-refractivity contribution >= 4 is 22.8 Å². The molecule has 0 saturated carbocycles. The maximum Gasteiger partial charge on any atom is 0.307 e. The monoisotopic (exact) mass is 288 g/mol. The number of aromatic nitrogens is 1. The molecule has 0 aliphatic heterocycles. The second-order valence-corrected chi connectivity index (χ2v) is 5.33. The molecule has 0 spiro atoms. The Morgan fingerprint density at radius 3 is 2.62 bits per heavy atom. The lowest BCUT2D eigenvalue weighted by atomic mass is 10.1. The maximum atomic E-state index is 11.6. The minimum Gasteiger partial charge on any atom is -0.481 e. The van der Waals surface area contributed by atoms with Crippen LogP contribution >= 0.6 is 0 Å². The number of carboxylic acids is 1. The summed E-state index contributed by atoms with van der Waals surface area (Å²) in [5.74, 6) is -0.724. The normalized spacial score (nSPS) is 10.8. The summed E-state index contributed by atoms with van der Waals surface area (Å²) >= 11 is 0. The minimum absolute atomic E-state index is 0.0180. The van der Waals surface area contributed by atoms with Gasteiger partial charge in [-0.2, -0.15) is 0 Å². The molecular weight excluding hydrogens is 268 g/mol. The quantitative estimate of drug-likeness (QED) is 0.885. The smallest absolute Gasteiger partial charge is 0.307 e. The van der Waals surface area contributed by atoms with Gasteiger partial charge in [-0.05, 0) is 18.1 Å². The number of hydrogen-bond donors (Lipinski definition) is 1. The van der Waals surface area contributed by atoms with Crippen LogP contribution in [0.15, 0.2) is 30.5 Å². The van der Waals surface area contributed by atoms with Crippen LogP contribution in [0.3, 0.4) is 0 Å². The Bertz CT molecular complexity index is 659. The van der Waals surface area contributed by atoms with Gasteiger partial charge in [0.25, 0.3) is 0 Å². The minimum atomic E-state index is -0.833. The van der Waals surface area contributed by atoms with Gasteiger partial charge in [0, 0.05) is 44.2 Å². The van der Waals surface area contributed by atoms with E-state index in [4.69, 9.17) is 5.11 Å². The summed E-state index contributed by atoms with van der Waals surface area (Å²) in [5, 5.41) is 9.96. The molecule has 0 aliphatic carbocycles. The molecule has 0 fully saturated rings. The van der Waals surface area contributed by atoms with Gasteiger partial charge in [0.15, 0.2) is 0 Å². The molecule has 1 amide bonds. The van der Waals surface area contributed by atoms with E-state index < -0.39 is 5.97 Å². The fourth-order valence-electron chi connectivity index (χ4n) is 2.44. The molecule has 0 unspecified atom stereocenters. The first-order valence-corrected chi connectivity index (χ1v) is 6.97. The Hall–Kier alpha value is -2.30. The highest BCUT2D eigenvalue weighted by atomic mass is 16.4. The van der Waals surface area contributed by atoms with E-state index in [1.807, 2.05) is 35.0 Å². The lowest BCUT2D eigenvalue weighted by Gasteiger charge is -2.10. The van der Waals surface area contributed by atoms with Gasteiger partial charge in [-0.25, -0.2) is 0 Å². The van der Waals surface area contributed by atoms with Crippen LogP contribution in [0.2, 0.25) is 0 Å². The van der Waals surface area contributed by atoms with Crippen molar-refractivity contribution in [3.8, 4) is 0 Å². The number of aliphatic carboxylic acids is 1. The third-order valence-electron chi connectivity index (χ3n) is 3.50. The van der Waals surface area contributed by atoms with Gasteiger partial charge in [-0.1, -0.05) is 18.2 Å². The van der Waals surface area contributed by atoms with Crippen LogP contribution in [0.5, 0.6) is 0 Å². The lowest BCUT2D eigenvalue weighted by Crippen LogP contribution is -2.21. The highest BCUT2D eigenvalue weighted by Crippen LogP contribution is 2.22. The molecule has 2 rings (SSSR count). The third kappa shape index (κ3) is 3.62. The van der Waals surface area contributed by atoms with Crippen molar-refractivity contribution in [2.45, 2.75) is 25.8 Å². The van der Waals surface area contributed by atoms with Crippen molar-refractivity contribution in [2.24, 2.45) is 0 Å². The zero-order chi connectivity index (χ0) is 15.4. The predicted octanol–water partition coefficient (Wildman–Crippen LogP) is 2.14. The molecule has 1 aromatic carbocycles. The molecule has 2 aromatic rings. The van der Waals surface area contributed by atoms with E-state index in [0.29, 0.717) is 13.0 Å². The summed E-state index contributed by atoms with van der Waals surface area (Å²) in [4.78, 5) is 24.1. The van der Waals surface area contributed by atoms with E-state index in [1.54, 1.807) is 19.0 Å². The SMILES string of the molecule is CN(C)C(=O)CCCn1cc(CC(=O)O)c2ccccc21. The largest absolute Gasteiger partial charge is 0.481 e. The van der Waals surface area contributed by atoms with Gasteiger partial charge in [0.05, 0.1) is 6.42 Å². The molecular formula is C16H20N2O3. The van der Waals surface area contributed by atoms with Crippen LogP contribution in [0.4, 0.5) is 0 Å². The lowest BCUT2D eigenvalue weighted by molar-refractivity contribution is -0.136. The number of fused-ring (bicyclic) bond motifs is 1. The first kappa shape index (κ1) is 15.1. The van der Waals surface area contributed by atoms with E-state index in [2.05, 4.69) is 0 Å². The Balaban J connectivity index is 2.16. The Labute approximate surface area is 123 Å². The maximum absolute atomic E-state index is 11.6. The number of carbonyl (C=O) groups excluding carboxylic acids is 1. The topological polar surface area (TPSA) is 62.5 Å². The molecule has 0 bridgehead atoms. The zero-order valence-corrected chi connectivity index (χ0v) is 12.4. The van der Waals surface area contributed by atoms with Crippen LogP contribution in [-0.2, 0) is 22.6 Å². The number of aryl methyl sites for hydroxylation is 1. The average Bonchev–Trinajstić information content (AvgIpc) is 2.76. The van der Waals surface area contributed by atoms with E-state index >= 15 is 0 Å². The summed E-state index contributed by atoms with van der Waals surface area (Å²) in [5.41, 5.74) is 1.84. The molecule has 5 nitrogen and oxygen atoms in total. The number of carboxylic acid groups (broad SMARTS) is 1. The second kappa shape index (κ2) is 6.43. The van der Waals surface area contributed by atoms with Gasteiger partial charge < -0.3 is 14.6 Å². The summed E-state index contributed by atoms with van der Waals surface area (Å²) in [6, 6.07) is 7.77. The van der Waals surface area contributed by atoms with E-state index in [0.717, 1.165) is 22.9 Å². The Morgan fingerprint density at radius 1 is 1.24 bits per heavy atom. The molecule has 0 atom stereocenters. The van der Waals surface area contributed by atoms with Crippen LogP contribution in [-0.4, -0.2) is 40.5 Å². The van der Waals surface area contributed by atoms with Crippen LogP contribution < -0.4 is 0 Å². The first-order chi connectivity index (χ1) is 9.99. The van der Waals surface area contributed by atoms with Crippen molar-refractivity contribution < 1.29 is 14.7 Å². The van der Waals surface area contributed by atoms with Gasteiger partial charge in [0.1, 0.15) is 0 Å². The van der Waals surface area contributed by atoms with Crippen molar-refractivity contribution in [3.63, 3.8) is 0 Å². The van der Waals surface area contributed by atoms with Crippen molar-refractivity contribution in [2.75, 3.05) is 14.1 Å². The number of amides is 1. The number of nitrogens with zero attached hydrogens (tertiary/aromatic N) is 2. The number of rotatable bonds is 6. The molecule has 112 valence electrons. The highest BCUT2D eigenvalue weighted by Gasteiger charge is 2.11. The molecule has 5 heteroatoms. The number of para-hydroxylation sites is 1. The first-order valence-electron chi connectivity index (χ1n) is 6.97. The molecule has 0 aliphatic rings. The van der Waals surface area contributed by atoms with Gasteiger partial charge in [-0.15, -0.1) is 0 Å². The van der Waals surface area contributed by atoms with E-state index in [-0.39, 0.29) is 12.3 Å². The number of hydrogen-bond acceptors (Lipinski definition) is 2. The summed E-state index contributed by atoms with van der Waals surface area (Å²) < 4.78 is 2.04. The number of benzene rings is 1. The molecule has 1 aromatic heterocycles. The standard InChI is InChI=1S/C16H20N2O3/c1-17(2)15(19)8-5-9-18-11-12(10-16(20)21)13-6-3-4-7-14(13)18/h3-4,6-7,11H,5,8-10H2,1-2H3,(H,20,21). The predicted molar refractivity (Wildman–Crippen MR) is 81.2 cm³/mol. The van der Waals surface area contributed by atoms with E-state index in [9.17, 15) is 9.59 Å². The zero-order valence-electron chi connectivity index (χ0n) is 12.4. The van der Waals surface area contributed by atoms with Gasteiger partial charge in [0.2, 0.25) is 5.91 Å². The van der Waals surface area contributed by atoms with E-state index in [1.165, 1.54) is 0 Å². The Morgan fingerprint density at radius 2 is 1.95 bits per heavy atom. The Kier molecular flexibility index (Phi) is 4.62. The van der Waals surface area contributed by atoms with Crippen molar-refractivity contribution in [3.05, 3.63) is 36.0 Å². The van der Waals surface area contributed by atoms with Crippen molar-refractivity contribution in [1.82, 2.24) is 9.47 Å². The third-order valence-corrected chi connectivity index (χ3v) is 3.50. The fraction of sp³-hybridized carbons (Fsp3) is 0.375. The van der Waals surface area contributed by atoms with Gasteiger partial charge >= 0.3 is 5.97 Å². The molecule has 1 heterocycles. The fourth-order valence-corrected chi connectivity index (χ4v) is 2.44. The molecule has 0 radical (unpaired) electrons.